The number of benzene rings is 2. The topological polar surface area (TPSA) is 111 Å². The van der Waals surface area contributed by atoms with Crippen LogP contribution < -0.4 is 10.5 Å². The highest BCUT2D eigenvalue weighted by Gasteiger charge is 2.24. The Kier molecular flexibility index (Phi) is 7.09. The van der Waals surface area contributed by atoms with Crippen LogP contribution >= 0.6 is 0 Å². The van der Waals surface area contributed by atoms with E-state index < -0.39 is 16.0 Å². The van der Waals surface area contributed by atoms with Crippen molar-refractivity contribution in [2.45, 2.75) is 17.9 Å². The fourth-order valence-corrected chi connectivity index (χ4v) is 4.10. The Morgan fingerprint density at radius 1 is 1.23 bits per heavy atom. The van der Waals surface area contributed by atoms with E-state index in [1.807, 2.05) is 6.07 Å². The highest BCUT2D eigenvalue weighted by Crippen LogP contribution is 2.26. The lowest BCUT2D eigenvalue weighted by Gasteiger charge is -2.35. The number of rotatable bonds is 7. The molecule has 2 aromatic carbocycles. The highest BCUT2D eigenvalue weighted by atomic mass is 32.2. The predicted molar refractivity (Wildman–Crippen MR) is 114 cm³/mol. The largest absolute Gasteiger partial charge is 0.465 e. The van der Waals surface area contributed by atoms with Gasteiger partial charge in [0, 0.05) is 25.3 Å². The van der Waals surface area contributed by atoms with E-state index in [2.05, 4.69) is 35.3 Å². The molecule has 0 radical (unpaired) electrons. The zero-order valence-corrected chi connectivity index (χ0v) is 17.9. The van der Waals surface area contributed by atoms with E-state index in [9.17, 15) is 13.2 Å². The van der Waals surface area contributed by atoms with Crippen molar-refractivity contribution in [3.05, 3.63) is 59.2 Å². The third-order valence-corrected chi connectivity index (χ3v) is 6.04. The van der Waals surface area contributed by atoms with Gasteiger partial charge >= 0.3 is 5.97 Å². The summed E-state index contributed by atoms with van der Waals surface area (Å²) >= 11 is 0. The van der Waals surface area contributed by atoms with Crippen LogP contribution in [-0.2, 0) is 19.5 Å². The molecule has 162 valence electrons. The molecule has 1 aliphatic rings. The quantitative estimate of drug-likeness (QED) is 0.642. The van der Waals surface area contributed by atoms with Gasteiger partial charge in [0.1, 0.15) is 0 Å². The number of primary sulfonamides is 1. The first-order chi connectivity index (χ1) is 14.3. The van der Waals surface area contributed by atoms with Crippen molar-refractivity contribution in [1.29, 1.82) is 0 Å². The molecule has 0 spiro atoms. The van der Waals surface area contributed by atoms with Crippen molar-refractivity contribution in [3.63, 3.8) is 0 Å². The maximum Gasteiger partial charge on any atom is 0.340 e. The van der Waals surface area contributed by atoms with Crippen molar-refractivity contribution in [2.75, 3.05) is 45.3 Å². The maximum atomic E-state index is 12.2. The molecule has 0 bridgehead atoms. The second kappa shape index (κ2) is 9.57. The second-order valence-electron chi connectivity index (χ2n) is 7.20. The summed E-state index contributed by atoms with van der Waals surface area (Å²) in [5.41, 5.74) is 2.93. The summed E-state index contributed by atoms with van der Waals surface area (Å²) < 4.78 is 33.7. The lowest BCUT2D eigenvalue weighted by atomic mass is 10.0. The van der Waals surface area contributed by atoms with Gasteiger partial charge in [-0.3, -0.25) is 4.90 Å². The lowest BCUT2D eigenvalue weighted by Crippen LogP contribution is -2.41. The number of methoxy groups -OCH3 is 1. The average molecular weight is 434 g/mol. The monoisotopic (exact) mass is 433 g/mol. The van der Waals surface area contributed by atoms with E-state index >= 15 is 0 Å². The van der Waals surface area contributed by atoms with E-state index in [1.54, 1.807) is 6.07 Å². The zero-order valence-electron chi connectivity index (χ0n) is 17.1. The Hall–Kier alpha value is -2.46. The summed E-state index contributed by atoms with van der Waals surface area (Å²) in [5, 5.41) is 8.51. The minimum absolute atomic E-state index is 0.0530. The molecular formula is C21H27N3O5S. The first-order valence-electron chi connectivity index (χ1n) is 9.67. The van der Waals surface area contributed by atoms with Gasteiger partial charge in [0.05, 0.1) is 36.8 Å². The molecule has 1 saturated heterocycles. The van der Waals surface area contributed by atoms with Crippen molar-refractivity contribution < 1.29 is 22.7 Å². The van der Waals surface area contributed by atoms with Crippen LogP contribution in [0.15, 0.2) is 47.4 Å². The van der Waals surface area contributed by atoms with Crippen LogP contribution in [-0.4, -0.2) is 59.2 Å². The van der Waals surface area contributed by atoms with Crippen LogP contribution in [0, 0.1) is 6.92 Å². The first-order valence-corrected chi connectivity index (χ1v) is 11.2. The Labute approximate surface area is 177 Å². The van der Waals surface area contributed by atoms with Crippen LogP contribution in [0.4, 0.5) is 5.69 Å². The number of nitrogens with zero attached hydrogens (tertiary/aromatic N) is 1. The molecule has 0 amide bonds. The van der Waals surface area contributed by atoms with Crippen LogP contribution in [0.5, 0.6) is 0 Å². The fraction of sp³-hybridized carbons (Fsp3) is 0.381. The molecule has 0 aromatic heterocycles. The van der Waals surface area contributed by atoms with E-state index in [-0.39, 0.29) is 16.5 Å². The lowest BCUT2D eigenvalue weighted by molar-refractivity contribution is 0.0187. The SMILES string of the molecule is COC(=O)c1cc(S(N)(=O)=O)ccc1NCC(c1cccc(C)c1)N1CCOCC1. The molecule has 3 N–H and O–H groups in total. The predicted octanol–water partition coefficient (Wildman–Crippen LogP) is 1.91. The van der Waals surface area contributed by atoms with Gasteiger partial charge in [-0.1, -0.05) is 29.8 Å². The van der Waals surface area contributed by atoms with Crippen molar-refractivity contribution >= 4 is 21.7 Å². The van der Waals surface area contributed by atoms with Gasteiger partial charge in [0.15, 0.2) is 0 Å². The second-order valence-corrected chi connectivity index (χ2v) is 8.76. The standard InChI is InChI=1S/C21H27N3O5S/c1-15-4-3-5-16(12-15)20(24-8-10-29-11-9-24)14-23-19-7-6-17(30(22,26)27)13-18(19)21(25)28-2/h3-7,12-13,20,23H,8-11,14H2,1-2H3,(H2,22,26,27). The number of aryl methyl sites for hydroxylation is 1. The zero-order chi connectivity index (χ0) is 21.7. The first kappa shape index (κ1) is 22.2. The molecule has 1 atom stereocenters. The number of carbonyl (C=O) groups excluding carboxylic acids is 1. The number of hydrogen-bond acceptors (Lipinski definition) is 7. The van der Waals surface area contributed by atoms with Gasteiger partial charge in [-0.15, -0.1) is 0 Å². The Morgan fingerprint density at radius 3 is 2.60 bits per heavy atom. The van der Waals surface area contributed by atoms with E-state index in [4.69, 9.17) is 14.6 Å². The number of morpholine rings is 1. The van der Waals surface area contributed by atoms with Crippen LogP contribution in [0.1, 0.15) is 27.5 Å². The number of sulfonamides is 1. The highest BCUT2D eigenvalue weighted by molar-refractivity contribution is 7.89. The van der Waals surface area contributed by atoms with Gasteiger partial charge in [-0.05, 0) is 30.7 Å². The van der Waals surface area contributed by atoms with E-state index in [1.165, 1.54) is 24.8 Å². The average Bonchev–Trinajstić information content (AvgIpc) is 2.73. The minimum atomic E-state index is -3.94. The van der Waals surface area contributed by atoms with E-state index in [0.717, 1.165) is 18.7 Å². The van der Waals surface area contributed by atoms with E-state index in [0.29, 0.717) is 25.4 Å². The summed E-state index contributed by atoms with van der Waals surface area (Å²) in [5.74, 6) is -0.638. The molecule has 0 saturated carbocycles. The molecule has 3 rings (SSSR count). The molecule has 1 aliphatic heterocycles. The van der Waals surface area contributed by atoms with Gasteiger partial charge in [-0.25, -0.2) is 18.4 Å². The third-order valence-electron chi connectivity index (χ3n) is 5.12. The number of nitrogens with one attached hydrogen (secondary N) is 1. The maximum absolute atomic E-state index is 12.2. The number of nitrogens with two attached hydrogens (primary N) is 1. The smallest absolute Gasteiger partial charge is 0.340 e. The molecule has 2 aromatic rings. The normalized spacial score (nSPS) is 16.1. The summed E-state index contributed by atoms with van der Waals surface area (Å²) in [6.07, 6.45) is 0. The summed E-state index contributed by atoms with van der Waals surface area (Å²) in [6.45, 7) is 5.50. The Morgan fingerprint density at radius 2 is 1.97 bits per heavy atom. The van der Waals surface area contributed by atoms with Crippen LogP contribution in [0.3, 0.4) is 0 Å². The summed E-state index contributed by atoms with van der Waals surface area (Å²) in [6, 6.07) is 12.5. The molecule has 1 heterocycles. The Balaban J connectivity index is 1.90. The van der Waals surface area contributed by atoms with Crippen molar-refractivity contribution in [1.82, 2.24) is 4.90 Å². The summed E-state index contributed by atoms with van der Waals surface area (Å²) in [4.78, 5) is 14.4. The molecule has 30 heavy (non-hydrogen) atoms. The number of anilines is 1. The Bertz CT molecular complexity index is 1000. The number of carbonyl (C=O) groups is 1. The van der Waals surface area contributed by atoms with Gasteiger partial charge < -0.3 is 14.8 Å². The molecule has 1 unspecified atom stereocenters. The third kappa shape index (κ3) is 5.37. The van der Waals surface area contributed by atoms with Gasteiger partial charge in [-0.2, -0.15) is 0 Å². The molecule has 8 nitrogen and oxygen atoms in total. The molecule has 0 aliphatic carbocycles. The van der Waals surface area contributed by atoms with Gasteiger partial charge in [0.25, 0.3) is 0 Å². The molecular weight excluding hydrogens is 406 g/mol. The number of hydrogen-bond donors (Lipinski definition) is 2. The fourth-order valence-electron chi connectivity index (χ4n) is 3.56. The van der Waals surface area contributed by atoms with Crippen molar-refractivity contribution in [3.8, 4) is 0 Å². The summed E-state index contributed by atoms with van der Waals surface area (Å²) in [7, 11) is -2.69. The number of esters is 1. The minimum Gasteiger partial charge on any atom is -0.465 e. The molecule has 9 heteroatoms. The van der Waals surface area contributed by atoms with Crippen molar-refractivity contribution in [2.24, 2.45) is 5.14 Å². The van der Waals surface area contributed by atoms with Crippen LogP contribution in [0.25, 0.3) is 0 Å². The van der Waals surface area contributed by atoms with Gasteiger partial charge in [0.2, 0.25) is 10.0 Å². The van der Waals surface area contributed by atoms with Crippen LogP contribution in [0.2, 0.25) is 0 Å². The molecule has 1 fully saturated rings. The number of ether oxygens (including phenoxy) is 2.